The van der Waals surface area contributed by atoms with E-state index in [1.54, 1.807) is 0 Å². The molecule has 0 aliphatic carbocycles. The summed E-state index contributed by atoms with van der Waals surface area (Å²) in [5, 5.41) is 0. The van der Waals surface area contributed by atoms with E-state index in [4.69, 9.17) is 4.98 Å². The van der Waals surface area contributed by atoms with E-state index in [1.165, 1.54) is 113 Å². The van der Waals surface area contributed by atoms with E-state index >= 15 is 0 Å². The van der Waals surface area contributed by atoms with Crippen LogP contribution in [-0.2, 0) is 0 Å². The van der Waals surface area contributed by atoms with Gasteiger partial charge in [-0.15, -0.1) is 0 Å². The highest BCUT2D eigenvalue weighted by Crippen LogP contribution is 2.39. The molecular weight excluding hydrogens is 376 g/mol. The summed E-state index contributed by atoms with van der Waals surface area (Å²) >= 11 is 0. The van der Waals surface area contributed by atoms with Crippen molar-refractivity contribution in [3.05, 3.63) is 18.2 Å². The van der Waals surface area contributed by atoms with Crippen molar-refractivity contribution in [2.45, 2.75) is 105 Å². The number of hydrogen-bond acceptors (Lipinski definition) is 1. The molecule has 0 radical (unpaired) electrons. The molecule has 28 heavy (non-hydrogen) atoms. The quantitative estimate of drug-likeness (QED) is 0.172. The Morgan fingerprint density at radius 1 is 0.536 bits per heavy atom. The van der Waals surface area contributed by atoms with E-state index in [2.05, 4.69) is 45.9 Å². The molecule has 0 aliphatic rings. The maximum atomic E-state index is 5.35. The molecule has 162 valence electrons. The first-order chi connectivity index (χ1) is 13.8. The molecule has 0 aromatic carbocycles. The lowest BCUT2D eigenvalue weighted by Gasteiger charge is -2.21. The van der Waals surface area contributed by atoms with E-state index in [-0.39, 0.29) is 15.8 Å². The molecule has 0 amide bonds. The van der Waals surface area contributed by atoms with Gasteiger partial charge in [-0.1, -0.05) is 101 Å². The monoisotopic (exact) mass is 423 g/mol. The molecule has 0 fully saturated rings. The topological polar surface area (TPSA) is 12.9 Å². The summed E-state index contributed by atoms with van der Waals surface area (Å²) in [6, 6.07) is 7.05. The van der Waals surface area contributed by atoms with Crippen molar-refractivity contribution >= 4 is 26.7 Å². The third-order valence-corrected chi connectivity index (χ3v) is 10.7. The smallest absolute Gasteiger partial charge is 0.0638 e. The molecule has 1 aromatic rings. The molecule has 0 spiro atoms. The maximum absolute atomic E-state index is 5.35. The Hall–Kier alpha value is 0.01000. The molecule has 0 aliphatic heterocycles. The highest BCUT2D eigenvalue weighted by molar-refractivity contribution is 7.66. The van der Waals surface area contributed by atoms with Crippen LogP contribution in [0.15, 0.2) is 18.2 Å². The Labute approximate surface area is 179 Å². The van der Waals surface area contributed by atoms with Crippen LogP contribution in [0.2, 0.25) is 0 Å². The van der Waals surface area contributed by atoms with Crippen LogP contribution < -0.4 is 10.9 Å². The zero-order chi connectivity index (χ0) is 20.5. The molecule has 0 saturated carbocycles. The van der Waals surface area contributed by atoms with Crippen LogP contribution in [0.25, 0.3) is 0 Å². The average Bonchev–Trinajstić information content (AvgIpc) is 2.72. The largest absolute Gasteiger partial charge is 0.248 e. The summed E-state index contributed by atoms with van der Waals surface area (Å²) in [5.74, 6) is 0. The van der Waals surface area contributed by atoms with Gasteiger partial charge in [0, 0.05) is 0 Å². The van der Waals surface area contributed by atoms with Gasteiger partial charge in [0.25, 0.3) is 0 Å². The van der Waals surface area contributed by atoms with Crippen LogP contribution in [0.5, 0.6) is 0 Å². The Kier molecular flexibility index (Phi) is 16.6. The summed E-state index contributed by atoms with van der Waals surface area (Å²) in [5.41, 5.74) is 2.94. The lowest BCUT2D eigenvalue weighted by atomic mass is 10.3. The van der Waals surface area contributed by atoms with Crippen LogP contribution in [0.1, 0.15) is 105 Å². The molecule has 0 unspecified atom stereocenters. The zero-order valence-electron chi connectivity index (χ0n) is 19.4. The van der Waals surface area contributed by atoms with E-state index in [1.807, 2.05) is 0 Å². The van der Waals surface area contributed by atoms with Crippen molar-refractivity contribution < 1.29 is 0 Å². The van der Waals surface area contributed by atoms with Gasteiger partial charge in [0.2, 0.25) is 0 Å². The second-order valence-electron chi connectivity index (χ2n) is 8.16. The molecule has 0 saturated heterocycles. The molecule has 0 bridgehead atoms. The molecule has 1 rings (SSSR count). The highest BCUT2D eigenvalue weighted by atomic mass is 31.1. The Morgan fingerprint density at radius 3 is 1.14 bits per heavy atom. The minimum atomic E-state index is -0.0527. The first-order valence-electron chi connectivity index (χ1n) is 12.2. The summed E-state index contributed by atoms with van der Waals surface area (Å²) in [4.78, 5) is 5.35. The van der Waals surface area contributed by atoms with Gasteiger partial charge in [-0.25, -0.2) is 4.98 Å². The van der Waals surface area contributed by atoms with E-state index in [0.29, 0.717) is 0 Å². The lowest BCUT2D eigenvalue weighted by molar-refractivity contribution is 0.763. The second kappa shape index (κ2) is 17.8. The van der Waals surface area contributed by atoms with Gasteiger partial charge in [-0.2, -0.15) is 0 Å². The number of aromatic nitrogens is 1. The van der Waals surface area contributed by atoms with Crippen molar-refractivity contribution in [1.29, 1.82) is 0 Å². The van der Waals surface area contributed by atoms with Crippen molar-refractivity contribution in [2.24, 2.45) is 0 Å². The number of hydrogen-bond donors (Lipinski definition) is 0. The van der Waals surface area contributed by atoms with Gasteiger partial charge in [-0.05, 0) is 62.5 Å². The number of rotatable bonds is 18. The van der Waals surface area contributed by atoms with Crippen molar-refractivity contribution in [2.75, 3.05) is 24.6 Å². The standard InChI is InChI=1S/C25H47NP2/c1-5-9-13-20-27(21-14-10-6-2)24-18-17-19-25(26-24)28(22-15-11-7-3)23-16-12-8-4/h17-19H,5-16,20-23H2,1-4H3. The van der Waals surface area contributed by atoms with Crippen LogP contribution in [0.4, 0.5) is 0 Å². The molecule has 1 nitrogen and oxygen atoms in total. The third-order valence-electron chi connectivity index (χ3n) is 5.49. The molecule has 0 N–H and O–H groups in total. The highest BCUT2D eigenvalue weighted by Gasteiger charge is 2.16. The van der Waals surface area contributed by atoms with E-state index < -0.39 is 0 Å². The molecule has 1 heterocycles. The maximum Gasteiger partial charge on any atom is 0.0638 e. The van der Waals surface area contributed by atoms with Gasteiger partial charge in [-0.3, -0.25) is 0 Å². The minimum Gasteiger partial charge on any atom is -0.248 e. The Morgan fingerprint density at radius 2 is 0.857 bits per heavy atom. The number of unbranched alkanes of at least 4 members (excludes halogenated alkanes) is 8. The second-order valence-corrected chi connectivity index (χ2v) is 13.0. The predicted octanol–water partition coefficient (Wildman–Crippen LogP) is 8.06. The molecule has 3 heteroatoms. The number of pyridine rings is 1. The molecular formula is C25H47NP2. The third kappa shape index (κ3) is 11.3. The van der Waals surface area contributed by atoms with Crippen molar-refractivity contribution in [3.8, 4) is 0 Å². The fourth-order valence-corrected chi connectivity index (χ4v) is 8.61. The normalized spacial score (nSPS) is 11.6. The van der Waals surface area contributed by atoms with Crippen LogP contribution >= 0.6 is 15.8 Å². The fourth-order valence-electron chi connectivity index (χ4n) is 3.66. The summed E-state index contributed by atoms with van der Waals surface area (Å²) in [6.07, 6.45) is 22.0. The van der Waals surface area contributed by atoms with Gasteiger partial charge in [0.05, 0.1) is 10.9 Å². The van der Waals surface area contributed by atoms with Crippen LogP contribution in [-0.4, -0.2) is 29.6 Å². The Balaban J connectivity index is 2.86. The minimum absolute atomic E-state index is 0.0527. The summed E-state index contributed by atoms with van der Waals surface area (Å²) in [7, 11) is -0.105. The van der Waals surface area contributed by atoms with E-state index in [9.17, 15) is 0 Å². The SMILES string of the molecule is CCCCCP(CCCCC)c1cccc(P(CCCCC)CCCCC)n1. The lowest BCUT2D eigenvalue weighted by Crippen LogP contribution is -2.21. The van der Waals surface area contributed by atoms with E-state index in [0.717, 1.165) is 0 Å². The van der Waals surface area contributed by atoms with Crippen molar-refractivity contribution in [1.82, 2.24) is 4.98 Å². The summed E-state index contributed by atoms with van der Waals surface area (Å²) in [6.45, 7) is 9.27. The first-order valence-corrected chi connectivity index (χ1v) is 15.7. The zero-order valence-corrected chi connectivity index (χ0v) is 21.2. The predicted molar refractivity (Wildman–Crippen MR) is 135 cm³/mol. The van der Waals surface area contributed by atoms with Gasteiger partial charge in [0.1, 0.15) is 0 Å². The average molecular weight is 424 g/mol. The Bertz CT molecular complexity index is 418. The number of nitrogens with zero attached hydrogens (tertiary/aromatic N) is 1. The molecule has 1 aromatic heterocycles. The van der Waals surface area contributed by atoms with Crippen molar-refractivity contribution in [3.63, 3.8) is 0 Å². The van der Waals surface area contributed by atoms with Crippen LogP contribution in [0, 0.1) is 0 Å². The summed E-state index contributed by atoms with van der Waals surface area (Å²) < 4.78 is 0. The first kappa shape index (κ1) is 26.0. The fraction of sp³-hybridized carbons (Fsp3) is 0.800. The van der Waals surface area contributed by atoms with Gasteiger partial charge in [0.15, 0.2) is 0 Å². The van der Waals surface area contributed by atoms with Crippen LogP contribution in [0.3, 0.4) is 0 Å². The van der Waals surface area contributed by atoms with Gasteiger partial charge < -0.3 is 0 Å². The van der Waals surface area contributed by atoms with Gasteiger partial charge >= 0.3 is 0 Å². The molecule has 0 atom stereocenters.